The molecule has 2 heterocycles. The monoisotopic (exact) mass is 210 g/mol. The van der Waals surface area contributed by atoms with Crippen LogP contribution in [0, 0.1) is 5.92 Å². The summed E-state index contributed by atoms with van der Waals surface area (Å²) in [5.74, 6) is -0.103. The number of amides is 2. The van der Waals surface area contributed by atoms with Crippen molar-refractivity contribution in [2.45, 2.75) is 38.6 Å². The van der Waals surface area contributed by atoms with Crippen molar-refractivity contribution >= 4 is 11.8 Å². The highest BCUT2D eigenvalue weighted by Gasteiger charge is 2.36. The number of nitrogens with zero attached hydrogens (tertiary/aromatic N) is 1. The van der Waals surface area contributed by atoms with E-state index in [1.807, 2.05) is 6.92 Å². The van der Waals surface area contributed by atoms with Crippen molar-refractivity contribution in [1.82, 2.24) is 10.2 Å². The van der Waals surface area contributed by atoms with Crippen LogP contribution in [0.25, 0.3) is 0 Å². The quantitative estimate of drug-likeness (QED) is 0.676. The molecule has 2 atom stereocenters. The molecule has 0 aromatic heterocycles. The summed E-state index contributed by atoms with van der Waals surface area (Å²) in [5, 5.41) is 3.36. The maximum Gasteiger partial charge on any atom is 0.232 e. The molecule has 2 rings (SSSR count). The molecule has 2 unspecified atom stereocenters. The molecule has 2 aliphatic rings. The fourth-order valence-electron chi connectivity index (χ4n) is 2.34. The number of carbonyl (C=O) groups is 2. The largest absolute Gasteiger partial charge is 0.312 e. The van der Waals surface area contributed by atoms with Crippen LogP contribution >= 0.6 is 0 Å². The maximum atomic E-state index is 11.7. The van der Waals surface area contributed by atoms with Crippen molar-refractivity contribution in [2.24, 2.45) is 5.92 Å². The van der Waals surface area contributed by atoms with E-state index in [0.717, 1.165) is 13.0 Å². The zero-order chi connectivity index (χ0) is 10.8. The lowest BCUT2D eigenvalue weighted by Gasteiger charge is -2.27. The molecule has 2 amide bonds. The standard InChI is InChI=1S/C11H18N2O2/c1-8-6-10(14)13(11(8)15)7-9-4-2-3-5-12-9/h8-9,12H,2-7H2,1H3. The summed E-state index contributed by atoms with van der Waals surface area (Å²) in [4.78, 5) is 24.7. The molecule has 0 spiro atoms. The van der Waals surface area contributed by atoms with Crippen LogP contribution < -0.4 is 5.32 Å². The summed E-state index contributed by atoms with van der Waals surface area (Å²) in [6, 6.07) is 0.317. The first-order chi connectivity index (χ1) is 7.18. The number of likely N-dealkylation sites (tertiary alicyclic amines) is 1. The Kier molecular flexibility index (Phi) is 3.05. The van der Waals surface area contributed by atoms with Crippen molar-refractivity contribution in [1.29, 1.82) is 0 Å². The van der Waals surface area contributed by atoms with E-state index >= 15 is 0 Å². The third-order valence-electron chi connectivity index (χ3n) is 3.28. The van der Waals surface area contributed by atoms with Crippen LogP contribution in [0.2, 0.25) is 0 Å². The van der Waals surface area contributed by atoms with Crippen LogP contribution in [0.4, 0.5) is 0 Å². The van der Waals surface area contributed by atoms with Gasteiger partial charge >= 0.3 is 0 Å². The van der Waals surface area contributed by atoms with Gasteiger partial charge in [-0.25, -0.2) is 0 Å². The Balaban J connectivity index is 1.93. The second kappa shape index (κ2) is 4.31. The minimum absolute atomic E-state index is 0.000117. The van der Waals surface area contributed by atoms with E-state index in [9.17, 15) is 9.59 Å². The number of rotatable bonds is 2. The van der Waals surface area contributed by atoms with Crippen LogP contribution in [0.1, 0.15) is 32.6 Å². The number of carbonyl (C=O) groups excluding carboxylic acids is 2. The van der Waals surface area contributed by atoms with Gasteiger partial charge < -0.3 is 5.32 Å². The van der Waals surface area contributed by atoms with E-state index in [1.54, 1.807) is 0 Å². The average molecular weight is 210 g/mol. The molecule has 0 saturated carbocycles. The fraction of sp³-hybridized carbons (Fsp3) is 0.818. The highest BCUT2D eigenvalue weighted by molar-refractivity contribution is 6.03. The molecule has 0 aromatic carbocycles. The van der Waals surface area contributed by atoms with Crippen molar-refractivity contribution < 1.29 is 9.59 Å². The van der Waals surface area contributed by atoms with E-state index in [-0.39, 0.29) is 17.7 Å². The molecule has 4 nitrogen and oxygen atoms in total. The third-order valence-corrected chi connectivity index (χ3v) is 3.28. The maximum absolute atomic E-state index is 11.7. The van der Waals surface area contributed by atoms with Gasteiger partial charge in [0.15, 0.2) is 0 Å². The van der Waals surface area contributed by atoms with Gasteiger partial charge in [0, 0.05) is 24.9 Å². The van der Waals surface area contributed by atoms with Crippen LogP contribution in [0.3, 0.4) is 0 Å². The van der Waals surface area contributed by atoms with Crippen molar-refractivity contribution in [2.75, 3.05) is 13.1 Å². The number of hydrogen-bond donors (Lipinski definition) is 1. The van der Waals surface area contributed by atoms with Gasteiger partial charge in [-0.15, -0.1) is 0 Å². The summed E-state index contributed by atoms with van der Waals surface area (Å²) < 4.78 is 0. The third kappa shape index (κ3) is 2.20. The topological polar surface area (TPSA) is 49.4 Å². The van der Waals surface area contributed by atoms with Crippen LogP contribution in [-0.4, -0.2) is 35.8 Å². The van der Waals surface area contributed by atoms with Crippen LogP contribution in [0.5, 0.6) is 0 Å². The van der Waals surface area contributed by atoms with Gasteiger partial charge in [0.25, 0.3) is 0 Å². The Morgan fingerprint density at radius 3 is 2.73 bits per heavy atom. The van der Waals surface area contributed by atoms with Gasteiger partial charge in [-0.1, -0.05) is 13.3 Å². The number of piperidine rings is 1. The van der Waals surface area contributed by atoms with E-state index in [0.29, 0.717) is 19.0 Å². The number of imide groups is 1. The summed E-state index contributed by atoms with van der Waals surface area (Å²) in [5.41, 5.74) is 0. The second-order valence-electron chi connectivity index (χ2n) is 4.59. The zero-order valence-electron chi connectivity index (χ0n) is 9.16. The van der Waals surface area contributed by atoms with Gasteiger partial charge in [-0.05, 0) is 19.4 Å². The molecule has 0 aromatic rings. The Morgan fingerprint density at radius 1 is 1.40 bits per heavy atom. The van der Waals surface area contributed by atoms with Crippen molar-refractivity contribution in [3.8, 4) is 0 Å². The molecule has 84 valence electrons. The Labute approximate surface area is 90.0 Å². The minimum atomic E-state index is -0.110. The van der Waals surface area contributed by atoms with Gasteiger partial charge in [-0.3, -0.25) is 14.5 Å². The molecule has 2 saturated heterocycles. The molecule has 15 heavy (non-hydrogen) atoms. The lowest BCUT2D eigenvalue weighted by Crippen LogP contribution is -2.45. The summed E-state index contributed by atoms with van der Waals surface area (Å²) in [6.45, 7) is 3.41. The molecule has 0 aliphatic carbocycles. The van der Waals surface area contributed by atoms with Crippen molar-refractivity contribution in [3.05, 3.63) is 0 Å². The average Bonchev–Trinajstić information content (AvgIpc) is 2.47. The van der Waals surface area contributed by atoms with E-state index in [1.165, 1.54) is 17.7 Å². The molecule has 2 aliphatic heterocycles. The zero-order valence-corrected chi connectivity index (χ0v) is 9.16. The Hall–Kier alpha value is -0.900. The van der Waals surface area contributed by atoms with Gasteiger partial charge in [0.2, 0.25) is 11.8 Å². The number of hydrogen-bond acceptors (Lipinski definition) is 3. The lowest BCUT2D eigenvalue weighted by molar-refractivity contribution is -0.139. The molecule has 1 N–H and O–H groups in total. The van der Waals surface area contributed by atoms with Gasteiger partial charge in [-0.2, -0.15) is 0 Å². The number of nitrogens with one attached hydrogen (secondary N) is 1. The van der Waals surface area contributed by atoms with E-state index in [2.05, 4.69) is 5.32 Å². The summed E-state index contributed by atoms with van der Waals surface area (Å²) >= 11 is 0. The lowest BCUT2D eigenvalue weighted by atomic mass is 10.0. The Bertz CT molecular complexity index is 272. The fourth-order valence-corrected chi connectivity index (χ4v) is 2.34. The highest BCUT2D eigenvalue weighted by Crippen LogP contribution is 2.20. The van der Waals surface area contributed by atoms with Crippen LogP contribution in [-0.2, 0) is 9.59 Å². The SMILES string of the molecule is CC1CC(=O)N(CC2CCCCN2)C1=O. The normalized spacial score (nSPS) is 32.5. The van der Waals surface area contributed by atoms with Crippen molar-refractivity contribution in [3.63, 3.8) is 0 Å². The smallest absolute Gasteiger partial charge is 0.232 e. The molecular formula is C11H18N2O2. The minimum Gasteiger partial charge on any atom is -0.312 e. The highest BCUT2D eigenvalue weighted by atomic mass is 16.2. The first-order valence-electron chi connectivity index (χ1n) is 5.76. The molecule has 4 heteroatoms. The van der Waals surface area contributed by atoms with Gasteiger partial charge in [0.05, 0.1) is 0 Å². The first-order valence-corrected chi connectivity index (χ1v) is 5.76. The summed E-state index contributed by atoms with van der Waals surface area (Å²) in [7, 11) is 0. The molecule has 0 radical (unpaired) electrons. The Morgan fingerprint density at radius 2 is 2.20 bits per heavy atom. The predicted octanol–water partition coefficient (Wildman–Crippen LogP) is 0.523. The molecule has 0 bridgehead atoms. The van der Waals surface area contributed by atoms with Crippen LogP contribution in [0.15, 0.2) is 0 Å². The van der Waals surface area contributed by atoms with E-state index < -0.39 is 0 Å². The first kappa shape index (κ1) is 10.6. The molecule has 2 fully saturated rings. The predicted molar refractivity (Wildman–Crippen MR) is 56.1 cm³/mol. The molecular weight excluding hydrogens is 192 g/mol. The van der Waals surface area contributed by atoms with Gasteiger partial charge in [0.1, 0.15) is 0 Å². The second-order valence-corrected chi connectivity index (χ2v) is 4.59. The van der Waals surface area contributed by atoms with E-state index in [4.69, 9.17) is 0 Å². The summed E-state index contributed by atoms with van der Waals surface area (Å²) in [6.07, 6.45) is 3.87.